The average Bonchev–Trinajstić information content (AvgIpc) is 3.12. The monoisotopic (exact) mass is 766 g/mol. The zero-order chi connectivity index (χ0) is 38.5. The van der Waals surface area contributed by atoms with Gasteiger partial charge in [0.25, 0.3) is 0 Å². The molecule has 0 aliphatic rings. The Bertz CT molecular complexity index is 1810. The second-order valence-electron chi connectivity index (χ2n) is 14.1. The molecule has 0 unspecified atom stereocenters. The van der Waals surface area contributed by atoms with Crippen molar-refractivity contribution in [2.24, 2.45) is 5.92 Å². The quantitative estimate of drug-likeness (QED) is 0.0916. The molecule has 11 nitrogen and oxygen atoms in total. The molecule has 0 heterocycles. The number of hydrogen-bond donors (Lipinski definition) is 2. The van der Waals surface area contributed by atoms with Gasteiger partial charge in [0.05, 0.1) is 30.3 Å². The molecular formula is C40H51N2O9PS. The van der Waals surface area contributed by atoms with Crippen LogP contribution < -0.4 is 10.1 Å². The zero-order valence-electron chi connectivity index (χ0n) is 31.0. The van der Waals surface area contributed by atoms with Crippen LogP contribution in [-0.2, 0) is 48.0 Å². The molecule has 4 aromatic carbocycles. The van der Waals surface area contributed by atoms with E-state index in [1.54, 1.807) is 20.8 Å². The van der Waals surface area contributed by atoms with Crippen molar-refractivity contribution in [2.45, 2.75) is 76.9 Å². The van der Waals surface area contributed by atoms with Gasteiger partial charge < -0.3 is 28.9 Å². The van der Waals surface area contributed by atoms with E-state index in [2.05, 4.69) is 5.32 Å². The summed E-state index contributed by atoms with van der Waals surface area (Å²) in [5.74, 6) is 0.183. The van der Waals surface area contributed by atoms with Gasteiger partial charge >= 0.3 is 13.7 Å². The van der Waals surface area contributed by atoms with Crippen LogP contribution in [0.25, 0.3) is 0 Å². The Kier molecular flexibility index (Phi) is 15.2. The third-order valence-electron chi connectivity index (χ3n) is 7.82. The van der Waals surface area contributed by atoms with Crippen molar-refractivity contribution >= 4 is 23.7 Å². The van der Waals surface area contributed by atoms with Gasteiger partial charge in [-0.1, -0.05) is 105 Å². The van der Waals surface area contributed by atoms with Crippen LogP contribution in [0.1, 0.15) is 51.3 Å². The summed E-state index contributed by atoms with van der Waals surface area (Å²) in [6.07, 6.45) is -2.15. The number of hydrogen-bond acceptors (Lipinski definition) is 9. The van der Waals surface area contributed by atoms with E-state index < -0.39 is 47.8 Å². The van der Waals surface area contributed by atoms with Crippen molar-refractivity contribution < 1.29 is 41.4 Å². The maximum Gasteiger partial charge on any atom is 0.407 e. The highest BCUT2D eigenvalue weighted by molar-refractivity contribution is 7.89. The minimum Gasteiger partial charge on any atom is -0.481 e. The summed E-state index contributed by atoms with van der Waals surface area (Å²) in [4.78, 5) is 12.7. The van der Waals surface area contributed by atoms with Crippen LogP contribution in [-0.4, -0.2) is 61.1 Å². The van der Waals surface area contributed by atoms with Crippen LogP contribution >= 0.6 is 7.60 Å². The molecule has 0 saturated carbocycles. The minimum absolute atomic E-state index is 0.0266. The Morgan fingerprint density at radius 3 is 1.74 bits per heavy atom. The molecule has 4 rings (SSSR count). The molecule has 1 amide bonds. The fraction of sp³-hybridized carbons (Fsp3) is 0.375. The normalized spacial score (nSPS) is 13.4. The van der Waals surface area contributed by atoms with E-state index in [0.717, 1.165) is 16.7 Å². The van der Waals surface area contributed by atoms with Gasteiger partial charge in [-0.2, -0.15) is 4.31 Å². The molecule has 0 radical (unpaired) electrons. The van der Waals surface area contributed by atoms with Crippen molar-refractivity contribution in [1.82, 2.24) is 9.62 Å². The van der Waals surface area contributed by atoms with E-state index in [1.165, 1.54) is 28.6 Å². The number of nitrogens with zero attached hydrogens (tertiary/aromatic N) is 1. The summed E-state index contributed by atoms with van der Waals surface area (Å²) in [5.41, 5.74) is 1.71. The number of aliphatic hydroxyl groups is 1. The van der Waals surface area contributed by atoms with Crippen LogP contribution in [0.5, 0.6) is 5.75 Å². The number of carbonyl (C=O) groups is 1. The van der Waals surface area contributed by atoms with Crippen molar-refractivity contribution in [1.29, 1.82) is 0 Å². The molecule has 0 aromatic heterocycles. The Hall–Kier alpha value is -4.03. The Labute approximate surface area is 313 Å². The van der Waals surface area contributed by atoms with Gasteiger partial charge in [-0.05, 0) is 74.1 Å². The molecule has 0 bridgehead atoms. The van der Waals surface area contributed by atoms with Gasteiger partial charge in [0.15, 0.2) is 6.35 Å². The number of amides is 1. The number of sulfonamides is 1. The van der Waals surface area contributed by atoms with Crippen LogP contribution in [0.3, 0.4) is 0 Å². The standard InChI is InChI=1S/C40H51N2O9PS/c1-31(2)26-42(27-38(43)37(25-32-15-9-6-10-16-32)41-39(44)51-40(3,4)5)53(46,47)36-23-21-35(22-24-36)48-30-52(45,49-28-33-17-11-7-12-18-33)50-29-34-19-13-8-14-20-34/h6-24,31,37-38,43H,25-30H2,1-5H3,(H,41,44)/t37-,38+/m0/s1. The lowest BCUT2D eigenvalue weighted by Crippen LogP contribution is -2.51. The number of ether oxygens (including phenoxy) is 2. The van der Waals surface area contributed by atoms with E-state index >= 15 is 0 Å². The number of nitrogens with one attached hydrogen (secondary N) is 1. The molecule has 0 fully saturated rings. The minimum atomic E-state index is -4.12. The van der Waals surface area contributed by atoms with E-state index in [9.17, 15) is 22.9 Å². The zero-order valence-corrected chi connectivity index (χ0v) is 32.7. The highest BCUT2D eigenvalue weighted by atomic mass is 32.2. The summed E-state index contributed by atoms with van der Waals surface area (Å²) < 4.78 is 66.0. The van der Waals surface area contributed by atoms with E-state index in [1.807, 2.05) is 105 Å². The molecule has 53 heavy (non-hydrogen) atoms. The number of rotatable bonds is 19. The second-order valence-corrected chi connectivity index (χ2v) is 18.0. The van der Waals surface area contributed by atoms with E-state index in [0.29, 0.717) is 0 Å². The molecule has 0 aliphatic carbocycles. The third-order valence-corrected chi connectivity index (χ3v) is 11.2. The molecule has 2 N–H and O–H groups in total. The van der Waals surface area contributed by atoms with E-state index in [-0.39, 0.29) is 49.3 Å². The first-order valence-electron chi connectivity index (χ1n) is 17.5. The number of aliphatic hydroxyl groups excluding tert-OH is 1. The molecule has 0 aliphatic heterocycles. The van der Waals surface area contributed by atoms with Gasteiger partial charge in [-0.15, -0.1) is 0 Å². The molecule has 0 spiro atoms. The maximum absolute atomic E-state index is 14.0. The Balaban J connectivity index is 1.48. The number of carbonyl (C=O) groups excluding carboxylic acids is 1. The highest BCUT2D eigenvalue weighted by Gasteiger charge is 2.33. The van der Waals surface area contributed by atoms with Gasteiger partial charge in [0.2, 0.25) is 10.0 Å². The lowest BCUT2D eigenvalue weighted by atomic mass is 10.0. The van der Waals surface area contributed by atoms with Gasteiger partial charge in [-0.3, -0.25) is 4.57 Å². The largest absolute Gasteiger partial charge is 0.481 e. The average molecular weight is 767 g/mol. The first-order chi connectivity index (χ1) is 25.1. The van der Waals surface area contributed by atoms with Crippen molar-refractivity contribution in [3.8, 4) is 5.75 Å². The number of benzene rings is 4. The number of alkyl carbamates (subject to hydrolysis) is 1. The summed E-state index contributed by atoms with van der Waals surface area (Å²) >= 11 is 0. The summed E-state index contributed by atoms with van der Waals surface area (Å²) in [6.45, 7) is 8.89. The smallest absolute Gasteiger partial charge is 0.407 e. The molecule has 13 heteroatoms. The van der Waals surface area contributed by atoms with Crippen molar-refractivity contribution in [3.63, 3.8) is 0 Å². The Morgan fingerprint density at radius 1 is 0.774 bits per heavy atom. The first-order valence-corrected chi connectivity index (χ1v) is 20.7. The van der Waals surface area contributed by atoms with Crippen LogP contribution in [0.2, 0.25) is 0 Å². The van der Waals surface area contributed by atoms with Crippen LogP contribution in [0.4, 0.5) is 4.79 Å². The Morgan fingerprint density at radius 2 is 1.26 bits per heavy atom. The summed E-state index contributed by atoms with van der Waals surface area (Å²) in [5, 5.41) is 14.2. The van der Waals surface area contributed by atoms with Crippen molar-refractivity contribution in [3.05, 3.63) is 132 Å². The van der Waals surface area contributed by atoms with Crippen LogP contribution in [0, 0.1) is 5.92 Å². The molecular weight excluding hydrogens is 715 g/mol. The fourth-order valence-electron chi connectivity index (χ4n) is 5.24. The van der Waals surface area contributed by atoms with Crippen LogP contribution in [0.15, 0.2) is 120 Å². The predicted molar refractivity (Wildman–Crippen MR) is 205 cm³/mol. The lowest BCUT2D eigenvalue weighted by Gasteiger charge is -2.31. The molecule has 4 aromatic rings. The third kappa shape index (κ3) is 14.0. The first kappa shape index (κ1) is 41.7. The highest BCUT2D eigenvalue weighted by Crippen LogP contribution is 2.49. The van der Waals surface area contributed by atoms with Gasteiger partial charge in [0, 0.05) is 13.1 Å². The molecule has 0 saturated heterocycles. The summed E-state index contributed by atoms with van der Waals surface area (Å²) in [7, 11) is -7.90. The van der Waals surface area contributed by atoms with Gasteiger partial charge in [0.1, 0.15) is 11.4 Å². The van der Waals surface area contributed by atoms with Gasteiger partial charge in [-0.25, -0.2) is 13.2 Å². The maximum atomic E-state index is 14.0. The molecule has 2 atom stereocenters. The molecule has 286 valence electrons. The predicted octanol–water partition coefficient (Wildman–Crippen LogP) is 7.79. The second kappa shape index (κ2) is 19.3. The van der Waals surface area contributed by atoms with Crippen molar-refractivity contribution in [2.75, 3.05) is 19.4 Å². The van der Waals surface area contributed by atoms with E-state index in [4.69, 9.17) is 18.5 Å². The SMILES string of the molecule is CC(C)CN(C[C@@H](O)[C@H](Cc1ccccc1)NC(=O)OC(C)(C)C)S(=O)(=O)c1ccc(OCP(=O)(OCc2ccccc2)OCc2ccccc2)cc1. The lowest BCUT2D eigenvalue weighted by molar-refractivity contribution is 0.0400. The summed E-state index contributed by atoms with van der Waals surface area (Å²) in [6, 6.07) is 32.7. The fourth-order valence-corrected chi connectivity index (χ4v) is 8.08. The topological polar surface area (TPSA) is 141 Å².